The van der Waals surface area contributed by atoms with Crippen LogP contribution in [0.5, 0.6) is 5.88 Å². The highest BCUT2D eigenvalue weighted by Gasteiger charge is 2.33. The number of amides is 1. The third-order valence-corrected chi connectivity index (χ3v) is 7.00. The number of nitrogens with zero attached hydrogens (tertiary/aromatic N) is 5. The number of aromatic nitrogens is 4. The SMILES string of the molecule is Cc1nsc(Cc2cnc(C(F)(F)F)cn2)c1C(=O)Nc1ccc(OCC2CCN(CC(F)(F)F)CC2)nc1. The van der Waals surface area contributed by atoms with Crippen molar-refractivity contribution in [3.05, 3.63) is 58.2 Å². The number of nitrogens with one attached hydrogen (secondary N) is 1. The molecule has 210 valence electrons. The van der Waals surface area contributed by atoms with Crippen LogP contribution in [0.15, 0.2) is 30.7 Å². The van der Waals surface area contributed by atoms with Crippen molar-refractivity contribution in [3.8, 4) is 5.88 Å². The Balaban J connectivity index is 1.30. The minimum absolute atomic E-state index is 0.0829. The molecule has 1 saturated heterocycles. The van der Waals surface area contributed by atoms with Gasteiger partial charge in [0, 0.05) is 23.6 Å². The van der Waals surface area contributed by atoms with E-state index < -0.39 is 30.5 Å². The number of pyridine rings is 1. The van der Waals surface area contributed by atoms with Crippen LogP contribution in [0.4, 0.5) is 32.0 Å². The molecule has 15 heteroatoms. The maximum absolute atomic E-state index is 13.0. The number of piperidine rings is 1. The zero-order valence-corrected chi connectivity index (χ0v) is 21.5. The summed E-state index contributed by atoms with van der Waals surface area (Å²) in [5, 5.41) is 2.72. The quantitative estimate of drug-likeness (QED) is 0.372. The van der Waals surface area contributed by atoms with E-state index in [0.717, 1.165) is 17.7 Å². The van der Waals surface area contributed by atoms with E-state index in [9.17, 15) is 31.1 Å². The second kappa shape index (κ2) is 11.8. The van der Waals surface area contributed by atoms with Crippen LogP contribution in [0.25, 0.3) is 0 Å². The number of likely N-dealkylation sites (tertiary alicyclic amines) is 1. The van der Waals surface area contributed by atoms with Crippen LogP contribution in [-0.2, 0) is 12.6 Å². The third kappa shape index (κ3) is 8.08. The highest BCUT2D eigenvalue weighted by molar-refractivity contribution is 7.06. The summed E-state index contributed by atoms with van der Waals surface area (Å²) < 4.78 is 85.7. The third-order valence-electron chi connectivity index (χ3n) is 6.07. The molecule has 1 aliphatic rings. The Labute approximate surface area is 223 Å². The van der Waals surface area contributed by atoms with E-state index in [1.165, 1.54) is 11.1 Å². The monoisotopic (exact) mass is 574 g/mol. The van der Waals surface area contributed by atoms with E-state index in [-0.39, 0.29) is 18.0 Å². The standard InChI is InChI=1S/C24H24F6N6O2S/c1-14-21(18(39-35-14)8-17-10-32-19(11-31-17)24(28,29)30)22(37)34-16-2-3-20(33-9-16)38-12-15-4-6-36(7-5-15)13-23(25,26)27/h2-3,9-11,15H,4-8,12-13H2,1H3,(H,34,37). The Morgan fingerprint density at radius 2 is 1.82 bits per heavy atom. The highest BCUT2D eigenvalue weighted by atomic mass is 32.1. The second-order valence-electron chi connectivity index (χ2n) is 9.12. The van der Waals surface area contributed by atoms with Gasteiger partial charge in [-0.15, -0.1) is 0 Å². The smallest absolute Gasteiger partial charge is 0.434 e. The molecule has 3 aromatic heterocycles. The van der Waals surface area contributed by atoms with E-state index in [4.69, 9.17) is 4.74 Å². The molecular formula is C24H24F6N6O2S. The number of anilines is 1. The summed E-state index contributed by atoms with van der Waals surface area (Å²) in [7, 11) is 0. The maximum atomic E-state index is 13.0. The molecule has 1 N–H and O–H groups in total. The normalized spacial score (nSPS) is 15.4. The Morgan fingerprint density at radius 1 is 1.08 bits per heavy atom. The lowest BCUT2D eigenvalue weighted by molar-refractivity contribution is -0.148. The fourth-order valence-corrected chi connectivity index (χ4v) is 4.97. The van der Waals surface area contributed by atoms with Gasteiger partial charge in [0.05, 0.1) is 48.2 Å². The molecule has 4 heterocycles. The molecule has 0 saturated carbocycles. The fourth-order valence-electron chi connectivity index (χ4n) is 4.09. The van der Waals surface area contributed by atoms with Gasteiger partial charge in [-0.25, -0.2) is 9.97 Å². The molecule has 0 aliphatic carbocycles. The van der Waals surface area contributed by atoms with Crippen molar-refractivity contribution in [1.29, 1.82) is 0 Å². The molecule has 39 heavy (non-hydrogen) atoms. The van der Waals surface area contributed by atoms with Gasteiger partial charge in [0.2, 0.25) is 5.88 Å². The van der Waals surface area contributed by atoms with E-state index in [1.807, 2.05) is 0 Å². The first-order valence-corrected chi connectivity index (χ1v) is 12.7. The van der Waals surface area contributed by atoms with Gasteiger partial charge in [0.25, 0.3) is 5.91 Å². The topological polar surface area (TPSA) is 93.1 Å². The predicted octanol–water partition coefficient (Wildman–Crippen LogP) is 5.15. The van der Waals surface area contributed by atoms with Crippen LogP contribution in [0.2, 0.25) is 0 Å². The lowest BCUT2D eigenvalue weighted by atomic mass is 9.98. The Morgan fingerprint density at radius 3 is 2.41 bits per heavy atom. The van der Waals surface area contributed by atoms with Gasteiger partial charge in [-0.1, -0.05) is 0 Å². The van der Waals surface area contributed by atoms with Gasteiger partial charge in [0.15, 0.2) is 5.69 Å². The molecule has 0 unspecified atom stereocenters. The molecule has 3 aromatic rings. The first-order valence-electron chi connectivity index (χ1n) is 11.9. The summed E-state index contributed by atoms with van der Waals surface area (Å²) in [6.45, 7) is 1.79. The van der Waals surface area contributed by atoms with Crippen LogP contribution in [0, 0.1) is 12.8 Å². The van der Waals surface area contributed by atoms with Crippen molar-refractivity contribution in [3.63, 3.8) is 0 Å². The van der Waals surface area contributed by atoms with E-state index in [0.29, 0.717) is 66.4 Å². The molecule has 1 amide bonds. The average molecular weight is 575 g/mol. The minimum atomic E-state index is -4.59. The molecule has 8 nitrogen and oxygen atoms in total. The van der Waals surface area contributed by atoms with Crippen molar-refractivity contribution in [2.75, 3.05) is 31.6 Å². The van der Waals surface area contributed by atoms with Crippen LogP contribution in [0.1, 0.15) is 45.2 Å². The first-order chi connectivity index (χ1) is 18.4. The van der Waals surface area contributed by atoms with E-state index in [1.54, 1.807) is 19.1 Å². The predicted molar refractivity (Wildman–Crippen MR) is 130 cm³/mol. The first kappa shape index (κ1) is 28.7. The zero-order chi connectivity index (χ0) is 28.2. The number of hydrogen-bond donors (Lipinski definition) is 1. The molecule has 0 spiro atoms. The lowest BCUT2D eigenvalue weighted by Gasteiger charge is -2.32. The molecule has 0 aromatic carbocycles. The molecule has 0 bridgehead atoms. The molecule has 1 aliphatic heterocycles. The Kier molecular flexibility index (Phi) is 8.69. The van der Waals surface area contributed by atoms with Crippen molar-refractivity contribution >= 4 is 23.1 Å². The van der Waals surface area contributed by atoms with Crippen molar-refractivity contribution in [2.45, 2.75) is 38.5 Å². The van der Waals surface area contributed by atoms with Gasteiger partial charge in [0.1, 0.15) is 0 Å². The van der Waals surface area contributed by atoms with Gasteiger partial charge in [-0.05, 0) is 56.4 Å². The number of halogens is 6. The van der Waals surface area contributed by atoms with Crippen LogP contribution < -0.4 is 10.1 Å². The van der Waals surface area contributed by atoms with Crippen LogP contribution in [-0.4, -0.2) is 62.6 Å². The van der Waals surface area contributed by atoms with E-state index >= 15 is 0 Å². The van der Waals surface area contributed by atoms with Gasteiger partial charge in [-0.3, -0.25) is 14.7 Å². The number of rotatable bonds is 8. The van der Waals surface area contributed by atoms with Crippen LogP contribution >= 0.6 is 11.5 Å². The van der Waals surface area contributed by atoms with Crippen molar-refractivity contribution < 1.29 is 35.9 Å². The highest BCUT2D eigenvalue weighted by Crippen LogP contribution is 2.28. The summed E-state index contributed by atoms with van der Waals surface area (Å²) in [4.78, 5) is 26.3. The van der Waals surface area contributed by atoms with Crippen LogP contribution in [0.3, 0.4) is 0 Å². The second-order valence-corrected chi connectivity index (χ2v) is 9.98. The maximum Gasteiger partial charge on any atom is 0.434 e. The largest absolute Gasteiger partial charge is 0.477 e. The lowest BCUT2D eigenvalue weighted by Crippen LogP contribution is -2.41. The Hall–Kier alpha value is -3.33. The fraction of sp³-hybridized carbons (Fsp3) is 0.458. The summed E-state index contributed by atoms with van der Waals surface area (Å²) in [6.07, 6.45) is -4.44. The zero-order valence-electron chi connectivity index (χ0n) is 20.6. The van der Waals surface area contributed by atoms with Gasteiger partial charge < -0.3 is 10.1 Å². The Bertz CT molecular complexity index is 1260. The number of carbonyl (C=O) groups excluding carboxylic acids is 1. The van der Waals surface area contributed by atoms with Crippen molar-refractivity contribution in [1.82, 2.24) is 24.2 Å². The molecule has 4 rings (SSSR count). The molecule has 0 radical (unpaired) electrons. The molecular weight excluding hydrogens is 550 g/mol. The van der Waals surface area contributed by atoms with Gasteiger partial charge in [-0.2, -0.15) is 30.7 Å². The molecule has 1 fully saturated rings. The van der Waals surface area contributed by atoms with Crippen molar-refractivity contribution in [2.24, 2.45) is 5.92 Å². The number of ether oxygens (including phenoxy) is 1. The average Bonchev–Trinajstić information content (AvgIpc) is 3.23. The number of aryl methyl sites for hydroxylation is 1. The number of hydrogen-bond acceptors (Lipinski definition) is 8. The molecule has 0 atom stereocenters. The number of carbonyl (C=O) groups is 1. The summed E-state index contributed by atoms with van der Waals surface area (Å²) >= 11 is 1.05. The summed E-state index contributed by atoms with van der Waals surface area (Å²) in [5.41, 5.74) is 0.296. The summed E-state index contributed by atoms with van der Waals surface area (Å²) in [6, 6.07) is 3.17. The minimum Gasteiger partial charge on any atom is -0.477 e. The number of alkyl halides is 6. The summed E-state index contributed by atoms with van der Waals surface area (Å²) in [5.74, 6) is -0.0182. The van der Waals surface area contributed by atoms with E-state index in [2.05, 4.69) is 24.6 Å². The van der Waals surface area contributed by atoms with Gasteiger partial charge >= 0.3 is 12.4 Å².